The minimum Gasteiger partial charge on any atom is -0.468 e. The van der Waals surface area contributed by atoms with E-state index >= 15 is 0 Å². The van der Waals surface area contributed by atoms with Crippen LogP contribution in [-0.4, -0.2) is 40.6 Å². The molecule has 4 nitrogen and oxygen atoms in total. The molecule has 1 rings (SSSR count). The average Bonchev–Trinajstić information content (AvgIpc) is 2.48. The van der Waals surface area contributed by atoms with Gasteiger partial charge in [0, 0.05) is 11.8 Å². The molecule has 1 atom stereocenters. The van der Waals surface area contributed by atoms with Crippen molar-refractivity contribution in [1.29, 1.82) is 0 Å². The molecule has 0 amide bonds. The first-order valence-corrected chi connectivity index (χ1v) is 13.2. The van der Waals surface area contributed by atoms with Crippen LogP contribution in [0.2, 0.25) is 19.6 Å². The van der Waals surface area contributed by atoms with Gasteiger partial charge in [0.2, 0.25) is 0 Å². The monoisotopic (exact) mass is 366 g/mol. The van der Waals surface area contributed by atoms with E-state index < -0.39 is 28.6 Å². The van der Waals surface area contributed by atoms with Crippen molar-refractivity contribution in [2.75, 3.05) is 13.4 Å². The molecule has 1 aromatic carbocycles. The van der Waals surface area contributed by atoms with Crippen molar-refractivity contribution in [3.8, 4) is 11.5 Å². The highest BCUT2D eigenvalue weighted by molar-refractivity contribution is 7.92. The number of ether oxygens (including phenoxy) is 1. The van der Waals surface area contributed by atoms with Crippen LogP contribution in [0, 0.1) is 11.5 Å². The fraction of sp³-hybridized carbons (Fsp3) is 0.500. The zero-order valence-corrected chi connectivity index (χ0v) is 17.1. The van der Waals surface area contributed by atoms with Gasteiger partial charge in [-0.2, -0.15) is 0 Å². The first-order valence-electron chi connectivity index (χ1n) is 7.79. The maximum atomic E-state index is 12.0. The van der Waals surface area contributed by atoms with Crippen molar-refractivity contribution >= 4 is 23.9 Å². The standard InChI is InChI=1S/C18H26O4SSi/c1-18(17(19)22-2,23(3,20)21)13-11-15-7-9-16(10-8-15)12-14-24(4,5)6/h7-10H,11,13H2,1-6H3. The Hall–Kier alpha value is -1.58. The second kappa shape index (κ2) is 7.54. The Labute approximate surface area is 146 Å². The number of aryl methyl sites for hydroxylation is 1. The van der Waals surface area contributed by atoms with Crippen LogP contribution in [-0.2, 0) is 25.8 Å². The Morgan fingerprint density at radius 1 is 1.21 bits per heavy atom. The van der Waals surface area contributed by atoms with Crippen LogP contribution in [0.15, 0.2) is 24.3 Å². The predicted molar refractivity (Wildman–Crippen MR) is 100 cm³/mol. The molecule has 0 spiro atoms. The number of hydrogen-bond acceptors (Lipinski definition) is 4. The second-order valence-corrected chi connectivity index (χ2v) is 14.4. The molecule has 0 aliphatic heterocycles. The molecule has 0 N–H and O–H groups in total. The van der Waals surface area contributed by atoms with Crippen LogP contribution in [0.3, 0.4) is 0 Å². The zero-order valence-electron chi connectivity index (χ0n) is 15.3. The van der Waals surface area contributed by atoms with Crippen molar-refractivity contribution < 1.29 is 17.9 Å². The number of hydrogen-bond donors (Lipinski definition) is 0. The fourth-order valence-electron chi connectivity index (χ4n) is 2.05. The summed E-state index contributed by atoms with van der Waals surface area (Å²) in [4.78, 5) is 11.9. The van der Waals surface area contributed by atoms with Gasteiger partial charge in [-0.3, -0.25) is 4.79 Å². The van der Waals surface area contributed by atoms with Crippen molar-refractivity contribution in [1.82, 2.24) is 0 Å². The number of methoxy groups -OCH3 is 1. The molecule has 0 saturated heterocycles. The summed E-state index contributed by atoms with van der Waals surface area (Å²) in [7, 11) is -3.78. The van der Waals surface area contributed by atoms with Gasteiger partial charge in [0.15, 0.2) is 14.6 Å². The number of sulfone groups is 1. The fourth-order valence-corrected chi connectivity index (χ4v) is 3.43. The molecule has 1 unspecified atom stereocenters. The highest BCUT2D eigenvalue weighted by Crippen LogP contribution is 2.25. The van der Waals surface area contributed by atoms with Gasteiger partial charge >= 0.3 is 5.97 Å². The summed E-state index contributed by atoms with van der Waals surface area (Å²) in [6, 6.07) is 7.71. The molecule has 132 valence electrons. The Morgan fingerprint density at radius 2 is 1.75 bits per heavy atom. The normalized spacial score (nSPS) is 14.2. The number of esters is 1. The quantitative estimate of drug-likeness (QED) is 0.457. The largest absolute Gasteiger partial charge is 0.468 e. The van der Waals surface area contributed by atoms with Crippen LogP contribution in [0.5, 0.6) is 0 Å². The van der Waals surface area contributed by atoms with Crippen LogP contribution in [0.4, 0.5) is 0 Å². The summed E-state index contributed by atoms with van der Waals surface area (Å²) >= 11 is 0. The van der Waals surface area contributed by atoms with E-state index in [4.69, 9.17) is 0 Å². The summed E-state index contributed by atoms with van der Waals surface area (Å²) in [6.45, 7) is 7.98. The third-order valence-electron chi connectivity index (χ3n) is 3.86. The molecular formula is C18H26O4SSi. The van der Waals surface area contributed by atoms with Crippen LogP contribution < -0.4 is 0 Å². The third-order valence-corrected chi connectivity index (χ3v) is 6.74. The lowest BCUT2D eigenvalue weighted by molar-refractivity contribution is -0.143. The molecular weight excluding hydrogens is 340 g/mol. The van der Waals surface area contributed by atoms with Crippen molar-refractivity contribution in [2.45, 2.75) is 44.2 Å². The zero-order chi connectivity index (χ0) is 18.6. The second-order valence-electron chi connectivity index (χ2n) is 7.19. The number of carbonyl (C=O) groups excluding carboxylic acids is 1. The lowest BCUT2D eigenvalue weighted by Gasteiger charge is -2.24. The Kier molecular flexibility index (Phi) is 6.43. The van der Waals surface area contributed by atoms with Crippen molar-refractivity contribution in [2.24, 2.45) is 0 Å². The van der Waals surface area contributed by atoms with Gasteiger partial charge in [-0.1, -0.05) is 37.7 Å². The van der Waals surface area contributed by atoms with Gasteiger partial charge in [-0.25, -0.2) is 8.42 Å². The number of benzene rings is 1. The van der Waals surface area contributed by atoms with E-state index in [0.29, 0.717) is 6.42 Å². The molecule has 0 aliphatic carbocycles. The first-order chi connectivity index (χ1) is 10.9. The maximum absolute atomic E-state index is 12.0. The summed E-state index contributed by atoms with van der Waals surface area (Å²) in [6.07, 6.45) is 1.72. The molecule has 0 aromatic heterocycles. The lowest BCUT2D eigenvalue weighted by Crippen LogP contribution is -2.44. The van der Waals surface area contributed by atoms with Gasteiger partial charge in [0.25, 0.3) is 0 Å². The summed E-state index contributed by atoms with van der Waals surface area (Å²) in [5, 5.41) is 0. The molecule has 24 heavy (non-hydrogen) atoms. The van der Waals surface area contributed by atoms with E-state index in [2.05, 4.69) is 35.8 Å². The smallest absolute Gasteiger partial charge is 0.326 e. The maximum Gasteiger partial charge on any atom is 0.326 e. The van der Waals surface area contributed by atoms with Crippen LogP contribution >= 0.6 is 0 Å². The number of rotatable bonds is 5. The predicted octanol–water partition coefficient (Wildman–Crippen LogP) is 2.82. The van der Waals surface area contributed by atoms with Gasteiger partial charge in [0.1, 0.15) is 8.07 Å². The average molecular weight is 367 g/mol. The molecule has 0 saturated carbocycles. The molecule has 0 heterocycles. The van der Waals surface area contributed by atoms with Gasteiger partial charge < -0.3 is 4.74 Å². The van der Waals surface area contributed by atoms with E-state index in [1.165, 1.54) is 14.0 Å². The Bertz CT molecular complexity index is 749. The summed E-state index contributed by atoms with van der Waals surface area (Å²) in [5.74, 6) is 2.46. The SMILES string of the molecule is COC(=O)C(C)(CCc1ccc(C#C[Si](C)(C)C)cc1)S(C)(=O)=O. The topological polar surface area (TPSA) is 60.4 Å². The van der Waals surface area contributed by atoms with E-state index in [9.17, 15) is 13.2 Å². The lowest BCUT2D eigenvalue weighted by atomic mass is 9.99. The Balaban J connectivity index is 2.90. The Morgan fingerprint density at radius 3 is 2.17 bits per heavy atom. The van der Waals surface area contributed by atoms with Crippen molar-refractivity contribution in [3.05, 3.63) is 35.4 Å². The molecule has 1 aromatic rings. The van der Waals surface area contributed by atoms with Gasteiger partial charge in [-0.05, 0) is 37.5 Å². The minimum atomic E-state index is -3.57. The van der Waals surface area contributed by atoms with E-state index in [1.54, 1.807) is 0 Å². The molecule has 0 radical (unpaired) electrons. The van der Waals surface area contributed by atoms with Gasteiger partial charge in [0.05, 0.1) is 7.11 Å². The molecule has 0 bridgehead atoms. The van der Waals surface area contributed by atoms with Gasteiger partial charge in [-0.15, -0.1) is 5.54 Å². The van der Waals surface area contributed by atoms with E-state index in [-0.39, 0.29) is 6.42 Å². The molecule has 6 heteroatoms. The van der Waals surface area contributed by atoms with Crippen LogP contribution in [0.25, 0.3) is 0 Å². The van der Waals surface area contributed by atoms with Crippen LogP contribution in [0.1, 0.15) is 24.5 Å². The number of carbonyl (C=O) groups is 1. The highest BCUT2D eigenvalue weighted by atomic mass is 32.2. The van der Waals surface area contributed by atoms with E-state index in [1.807, 2.05) is 24.3 Å². The summed E-state index contributed by atoms with van der Waals surface area (Å²) in [5.41, 5.74) is 5.21. The van der Waals surface area contributed by atoms with Crippen molar-refractivity contribution in [3.63, 3.8) is 0 Å². The molecule has 0 aliphatic rings. The van der Waals surface area contributed by atoms with E-state index in [0.717, 1.165) is 17.4 Å². The highest BCUT2D eigenvalue weighted by Gasteiger charge is 2.44. The third kappa shape index (κ3) is 5.50. The first kappa shape index (κ1) is 20.5. The molecule has 0 fully saturated rings. The minimum absolute atomic E-state index is 0.179. The summed E-state index contributed by atoms with van der Waals surface area (Å²) < 4.78 is 27.1.